The number of hydrogen-bond acceptors (Lipinski definition) is 3. The summed E-state index contributed by atoms with van der Waals surface area (Å²) in [7, 11) is 0. The van der Waals surface area contributed by atoms with Gasteiger partial charge in [0.05, 0.1) is 11.0 Å². The van der Waals surface area contributed by atoms with Gasteiger partial charge >= 0.3 is 6.03 Å². The third-order valence-corrected chi connectivity index (χ3v) is 4.24. The first-order valence-corrected chi connectivity index (χ1v) is 8.97. The molecule has 0 saturated heterocycles. The number of primary amides is 1. The predicted molar refractivity (Wildman–Crippen MR) is 106 cm³/mol. The van der Waals surface area contributed by atoms with E-state index in [9.17, 15) is 9.59 Å². The molecule has 7 nitrogen and oxygen atoms in total. The first-order chi connectivity index (χ1) is 13.0. The average molecular weight is 365 g/mol. The van der Waals surface area contributed by atoms with Crippen LogP contribution in [0.1, 0.15) is 41.5 Å². The van der Waals surface area contributed by atoms with Gasteiger partial charge in [-0.25, -0.2) is 9.78 Å². The largest absolute Gasteiger partial charge is 0.352 e. The number of aromatic nitrogens is 2. The zero-order valence-corrected chi connectivity index (χ0v) is 15.2. The number of nitrogens with one attached hydrogen (secondary N) is 3. The minimum absolute atomic E-state index is 0.200. The van der Waals surface area contributed by atoms with Gasteiger partial charge in [-0.1, -0.05) is 25.5 Å². The second-order valence-corrected chi connectivity index (χ2v) is 6.39. The number of anilines is 1. The molecule has 0 aliphatic heterocycles. The van der Waals surface area contributed by atoms with Gasteiger partial charge < -0.3 is 21.4 Å². The fourth-order valence-corrected chi connectivity index (χ4v) is 2.77. The summed E-state index contributed by atoms with van der Waals surface area (Å²) in [6.07, 6.45) is 3.13. The van der Waals surface area contributed by atoms with Crippen LogP contribution in [0.2, 0.25) is 0 Å². The molecule has 5 N–H and O–H groups in total. The van der Waals surface area contributed by atoms with E-state index in [0.717, 1.165) is 41.7 Å². The van der Waals surface area contributed by atoms with Crippen LogP contribution >= 0.6 is 0 Å². The quantitative estimate of drug-likeness (QED) is 0.515. The summed E-state index contributed by atoms with van der Waals surface area (Å²) < 4.78 is 0. The molecular formula is C20H23N5O2. The fraction of sp³-hybridized carbons (Fsp3) is 0.250. The second-order valence-electron chi connectivity index (χ2n) is 6.39. The standard InChI is InChI=1S/C20H23N5O2/c1-2-3-4-18-24-16-10-9-15(11-17(16)25-18)23-19(26)14-7-5-13(6-8-14)12-22-20(21)27/h5-11H,2-4,12H2,1H3,(H,23,26)(H,24,25)(H3,21,22,27). The third-order valence-electron chi connectivity index (χ3n) is 4.24. The van der Waals surface area contributed by atoms with Gasteiger partial charge in [0.15, 0.2) is 0 Å². The van der Waals surface area contributed by atoms with Crippen molar-refractivity contribution in [2.75, 3.05) is 5.32 Å². The molecule has 0 aliphatic rings. The molecular weight excluding hydrogens is 342 g/mol. The number of nitrogens with zero attached hydrogens (tertiary/aromatic N) is 1. The topological polar surface area (TPSA) is 113 Å². The van der Waals surface area contributed by atoms with E-state index in [4.69, 9.17) is 5.73 Å². The normalized spacial score (nSPS) is 10.7. The molecule has 27 heavy (non-hydrogen) atoms. The molecule has 0 radical (unpaired) electrons. The van der Waals surface area contributed by atoms with E-state index in [0.29, 0.717) is 17.8 Å². The van der Waals surface area contributed by atoms with Crippen LogP contribution in [0.4, 0.5) is 10.5 Å². The Morgan fingerprint density at radius 3 is 2.63 bits per heavy atom. The van der Waals surface area contributed by atoms with Crippen LogP contribution in [-0.4, -0.2) is 21.9 Å². The van der Waals surface area contributed by atoms with E-state index in [1.165, 1.54) is 0 Å². The Kier molecular flexibility index (Phi) is 5.71. The number of rotatable bonds is 7. The number of imidazole rings is 1. The number of benzene rings is 2. The van der Waals surface area contributed by atoms with Crippen molar-refractivity contribution in [1.29, 1.82) is 0 Å². The van der Waals surface area contributed by atoms with Gasteiger partial charge in [0.25, 0.3) is 5.91 Å². The maximum Gasteiger partial charge on any atom is 0.312 e. The molecule has 3 amide bonds. The Morgan fingerprint density at radius 2 is 1.93 bits per heavy atom. The molecule has 140 valence electrons. The Balaban J connectivity index is 1.67. The van der Waals surface area contributed by atoms with Gasteiger partial charge in [-0.15, -0.1) is 0 Å². The van der Waals surface area contributed by atoms with E-state index in [-0.39, 0.29) is 5.91 Å². The molecule has 0 spiro atoms. The first-order valence-electron chi connectivity index (χ1n) is 8.97. The van der Waals surface area contributed by atoms with E-state index in [2.05, 4.69) is 27.5 Å². The van der Waals surface area contributed by atoms with Crippen LogP contribution in [0.5, 0.6) is 0 Å². The Hall–Kier alpha value is -3.35. The van der Waals surface area contributed by atoms with Crippen LogP contribution in [0.15, 0.2) is 42.5 Å². The molecule has 0 fully saturated rings. The van der Waals surface area contributed by atoms with E-state index in [1.807, 2.05) is 18.2 Å². The van der Waals surface area contributed by atoms with Crippen LogP contribution in [-0.2, 0) is 13.0 Å². The number of nitrogens with two attached hydrogens (primary N) is 1. The molecule has 7 heteroatoms. The lowest BCUT2D eigenvalue weighted by Crippen LogP contribution is -2.28. The lowest BCUT2D eigenvalue weighted by molar-refractivity contribution is 0.102. The van der Waals surface area contributed by atoms with Crippen LogP contribution in [0.3, 0.4) is 0 Å². The van der Waals surface area contributed by atoms with Gasteiger partial charge in [0, 0.05) is 24.2 Å². The Bertz CT molecular complexity index is 947. The highest BCUT2D eigenvalue weighted by Gasteiger charge is 2.08. The van der Waals surface area contributed by atoms with Crippen molar-refractivity contribution in [3.05, 3.63) is 59.4 Å². The van der Waals surface area contributed by atoms with E-state index < -0.39 is 6.03 Å². The number of urea groups is 1. The predicted octanol–water partition coefficient (Wildman–Crippen LogP) is 3.33. The zero-order chi connectivity index (χ0) is 19.2. The van der Waals surface area contributed by atoms with Crippen molar-refractivity contribution in [3.63, 3.8) is 0 Å². The maximum absolute atomic E-state index is 12.4. The fourth-order valence-electron chi connectivity index (χ4n) is 2.77. The minimum atomic E-state index is -0.580. The number of aryl methyl sites for hydroxylation is 1. The van der Waals surface area contributed by atoms with Crippen molar-refractivity contribution in [3.8, 4) is 0 Å². The van der Waals surface area contributed by atoms with E-state index in [1.54, 1.807) is 24.3 Å². The van der Waals surface area contributed by atoms with Crippen LogP contribution in [0, 0.1) is 0 Å². The van der Waals surface area contributed by atoms with Gasteiger partial charge in [0.1, 0.15) is 5.82 Å². The summed E-state index contributed by atoms with van der Waals surface area (Å²) in [6.45, 7) is 2.48. The molecule has 0 bridgehead atoms. The van der Waals surface area contributed by atoms with Gasteiger partial charge in [-0.2, -0.15) is 0 Å². The molecule has 0 aliphatic carbocycles. The highest BCUT2D eigenvalue weighted by Crippen LogP contribution is 2.19. The van der Waals surface area contributed by atoms with Gasteiger partial charge in [-0.05, 0) is 42.3 Å². The van der Waals surface area contributed by atoms with Crippen LogP contribution in [0.25, 0.3) is 11.0 Å². The SMILES string of the molecule is CCCCc1nc2ccc(NC(=O)c3ccc(CNC(N)=O)cc3)cc2[nH]1. The summed E-state index contributed by atoms with van der Waals surface area (Å²) in [5, 5.41) is 5.41. The molecule has 1 heterocycles. The van der Waals surface area contributed by atoms with Gasteiger partial charge in [0.2, 0.25) is 0 Å². The van der Waals surface area contributed by atoms with Crippen LogP contribution < -0.4 is 16.4 Å². The smallest absolute Gasteiger partial charge is 0.312 e. The summed E-state index contributed by atoms with van der Waals surface area (Å²) in [4.78, 5) is 31.1. The number of unbranched alkanes of at least 4 members (excludes halogenated alkanes) is 1. The first kappa shape index (κ1) is 18.4. The molecule has 0 unspecified atom stereocenters. The van der Waals surface area contributed by atoms with Crippen molar-refractivity contribution >= 4 is 28.7 Å². The number of fused-ring (bicyclic) bond motifs is 1. The summed E-state index contributed by atoms with van der Waals surface area (Å²) >= 11 is 0. The van der Waals surface area contributed by atoms with Crippen molar-refractivity contribution in [2.45, 2.75) is 32.7 Å². The van der Waals surface area contributed by atoms with E-state index >= 15 is 0 Å². The molecule has 2 aromatic carbocycles. The number of carbonyl (C=O) groups excluding carboxylic acids is 2. The van der Waals surface area contributed by atoms with Crippen molar-refractivity contribution in [2.24, 2.45) is 5.73 Å². The molecule has 1 aromatic heterocycles. The molecule has 3 aromatic rings. The molecule has 0 atom stereocenters. The zero-order valence-electron chi connectivity index (χ0n) is 15.2. The Labute approximate surface area is 157 Å². The molecule has 3 rings (SSSR count). The summed E-state index contributed by atoms with van der Waals surface area (Å²) in [5.41, 5.74) is 8.96. The number of aromatic amines is 1. The average Bonchev–Trinajstić information content (AvgIpc) is 3.07. The second kappa shape index (κ2) is 8.35. The van der Waals surface area contributed by atoms with Crippen molar-refractivity contribution < 1.29 is 9.59 Å². The van der Waals surface area contributed by atoms with Crippen molar-refractivity contribution in [1.82, 2.24) is 15.3 Å². The Morgan fingerprint density at radius 1 is 1.15 bits per heavy atom. The number of amides is 3. The highest BCUT2D eigenvalue weighted by molar-refractivity contribution is 6.05. The molecule has 0 saturated carbocycles. The summed E-state index contributed by atoms with van der Waals surface area (Å²) in [5.74, 6) is 0.768. The lowest BCUT2D eigenvalue weighted by atomic mass is 10.1. The van der Waals surface area contributed by atoms with Gasteiger partial charge in [-0.3, -0.25) is 4.79 Å². The summed E-state index contributed by atoms with van der Waals surface area (Å²) in [6, 6.07) is 12.0. The third kappa shape index (κ3) is 4.84. The lowest BCUT2D eigenvalue weighted by Gasteiger charge is -2.07. The minimum Gasteiger partial charge on any atom is -0.352 e. The highest BCUT2D eigenvalue weighted by atomic mass is 16.2. The number of H-pyrrole nitrogens is 1. The monoisotopic (exact) mass is 365 g/mol. The number of carbonyl (C=O) groups is 2. The maximum atomic E-state index is 12.4. The number of hydrogen-bond donors (Lipinski definition) is 4.